The van der Waals surface area contributed by atoms with Gasteiger partial charge in [0.15, 0.2) is 0 Å². The Balaban J connectivity index is 1.49. The van der Waals surface area contributed by atoms with Crippen LogP contribution in [0.5, 0.6) is 0 Å². The predicted octanol–water partition coefficient (Wildman–Crippen LogP) is 5.64. The van der Waals surface area contributed by atoms with Gasteiger partial charge in [0.1, 0.15) is 6.04 Å². The molecule has 30 heavy (non-hydrogen) atoms. The van der Waals surface area contributed by atoms with Gasteiger partial charge in [0.2, 0.25) is 5.91 Å². The van der Waals surface area contributed by atoms with Crippen LogP contribution in [0.15, 0.2) is 78.9 Å². The lowest BCUT2D eigenvalue weighted by molar-refractivity contribution is -0.119. The summed E-state index contributed by atoms with van der Waals surface area (Å²) in [4.78, 5) is 27.4. The maximum atomic E-state index is 13.1. The van der Waals surface area contributed by atoms with Crippen LogP contribution in [0.1, 0.15) is 12.8 Å². The molecule has 0 saturated carbocycles. The molecule has 152 valence electrons. The van der Waals surface area contributed by atoms with E-state index in [9.17, 15) is 9.59 Å². The second-order valence-corrected chi connectivity index (χ2v) is 7.63. The maximum absolute atomic E-state index is 13.1. The second-order valence-electron chi connectivity index (χ2n) is 7.19. The normalized spacial score (nSPS) is 15.6. The molecule has 0 bridgehead atoms. The largest absolute Gasteiger partial charge is 0.324 e. The van der Waals surface area contributed by atoms with Gasteiger partial charge in [-0.1, -0.05) is 66.2 Å². The third-order valence-electron chi connectivity index (χ3n) is 5.16. The topological polar surface area (TPSA) is 61.4 Å². The quantitative estimate of drug-likeness (QED) is 0.574. The van der Waals surface area contributed by atoms with Crippen molar-refractivity contribution < 1.29 is 9.59 Å². The molecular formula is C24H22ClN3O2. The molecule has 3 aromatic carbocycles. The number of anilines is 2. The first-order valence-electron chi connectivity index (χ1n) is 9.90. The highest BCUT2D eigenvalue weighted by atomic mass is 35.5. The smallest absolute Gasteiger partial charge is 0.322 e. The van der Waals surface area contributed by atoms with Crippen LogP contribution in [0.2, 0.25) is 5.02 Å². The summed E-state index contributed by atoms with van der Waals surface area (Å²) >= 11 is 5.99. The zero-order chi connectivity index (χ0) is 20.9. The Morgan fingerprint density at radius 3 is 2.47 bits per heavy atom. The van der Waals surface area contributed by atoms with Crippen LogP contribution < -0.4 is 10.6 Å². The Labute approximate surface area is 180 Å². The standard InChI is InChI=1S/C24H22ClN3O2/c25-18-10-6-11-19(16-18)26-24(30)28-15-7-14-22(28)23(29)27-21-13-5-4-12-20(21)17-8-2-1-3-9-17/h1-6,8-13,16,22H,7,14-15H2,(H,26,30)(H,27,29)/t22-/m0/s1. The predicted molar refractivity (Wildman–Crippen MR) is 121 cm³/mol. The highest BCUT2D eigenvalue weighted by Crippen LogP contribution is 2.29. The molecule has 2 N–H and O–H groups in total. The number of nitrogens with one attached hydrogen (secondary N) is 2. The van der Waals surface area contributed by atoms with E-state index < -0.39 is 6.04 Å². The van der Waals surface area contributed by atoms with Gasteiger partial charge in [-0.15, -0.1) is 0 Å². The molecule has 0 unspecified atom stereocenters. The van der Waals surface area contributed by atoms with E-state index in [1.54, 1.807) is 29.2 Å². The first-order valence-corrected chi connectivity index (χ1v) is 10.3. The highest BCUT2D eigenvalue weighted by molar-refractivity contribution is 6.30. The van der Waals surface area contributed by atoms with E-state index in [1.165, 1.54) is 0 Å². The van der Waals surface area contributed by atoms with Crippen LogP contribution >= 0.6 is 11.6 Å². The molecule has 6 heteroatoms. The molecule has 1 saturated heterocycles. The Morgan fingerprint density at radius 2 is 1.67 bits per heavy atom. The molecule has 3 aromatic rings. The third kappa shape index (κ3) is 4.47. The first-order chi connectivity index (χ1) is 14.6. The average molecular weight is 420 g/mol. The number of amides is 3. The van der Waals surface area contributed by atoms with Crippen LogP contribution in [0.3, 0.4) is 0 Å². The molecule has 1 aliphatic heterocycles. The van der Waals surface area contributed by atoms with Crippen molar-refractivity contribution in [2.24, 2.45) is 0 Å². The van der Waals surface area contributed by atoms with Crippen LogP contribution in [0, 0.1) is 0 Å². The van der Waals surface area contributed by atoms with E-state index in [0.717, 1.165) is 23.2 Å². The van der Waals surface area contributed by atoms with Gasteiger partial charge in [0.25, 0.3) is 0 Å². The van der Waals surface area contributed by atoms with Crippen molar-refractivity contribution in [3.63, 3.8) is 0 Å². The summed E-state index contributed by atoms with van der Waals surface area (Å²) in [6.07, 6.45) is 1.41. The molecule has 3 amide bonds. The number of halogens is 1. The lowest BCUT2D eigenvalue weighted by Crippen LogP contribution is -2.45. The summed E-state index contributed by atoms with van der Waals surface area (Å²) in [7, 11) is 0. The number of hydrogen-bond donors (Lipinski definition) is 2. The summed E-state index contributed by atoms with van der Waals surface area (Å²) in [5.41, 5.74) is 3.30. The number of urea groups is 1. The van der Waals surface area contributed by atoms with Crippen molar-refractivity contribution in [3.05, 3.63) is 83.9 Å². The number of nitrogens with zero attached hydrogens (tertiary/aromatic N) is 1. The summed E-state index contributed by atoms with van der Waals surface area (Å²) in [5, 5.41) is 6.40. The number of benzene rings is 3. The van der Waals surface area contributed by atoms with Crippen LogP contribution in [0.25, 0.3) is 11.1 Å². The average Bonchev–Trinajstić information content (AvgIpc) is 3.25. The number of likely N-dealkylation sites (tertiary alicyclic amines) is 1. The molecule has 1 atom stereocenters. The Morgan fingerprint density at radius 1 is 0.900 bits per heavy atom. The molecule has 0 aromatic heterocycles. The molecule has 0 radical (unpaired) electrons. The van der Waals surface area contributed by atoms with Gasteiger partial charge in [-0.25, -0.2) is 4.79 Å². The van der Waals surface area contributed by atoms with Gasteiger partial charge in [-0.3, -0.25) is 4.79 Å². The van der Waals surface area contributed by atoms with Gasteiger partial charge in [0, 0.05) is 28.5 Å². The minimum Gasteiger partial charge on any atom is -0.324 e. The lowest BCUT2D eigenvalue weighted by Gasteiger charge is -2.25. The molecule has 1 aliphatic rings. The summed E-state index contributed by atoms with van der Waals surface area (Å²) in [6, 6.07) is 23.7. The van der Waals surface area contributed by atoms with Gasteiger partial charge in [-0.05, 0) is 42.7 Å². The minimum atomic E-state index is -0.520. The van der Waals surface area contributed by atoms with Crippen LogP contribution in [-0.2, 0) is 4.79 Å². The molecule has 0 aliphatic carbocycles. The SMILES string of the molecule is O=C(Nc1ccccc1-c1ccccc1)[C@@H]1CCCN1C(=O)Nc1cccc(Cl)c1. The first kappa shape index (κ1) is 20.0. The van der Waals surface area contributed by atoms with Gasteiger partial charge in [-0.2, -0.15) is 0 Å². The zero-order valence-electron chi connectivity index (χ0n) is 16.3. The van der Waals surface area contributed by atoms with Gasteiger partial charge < -0.3 is 15.5 Å². The molecule has 0 spiro atoms. The highest BCUT2D eigenvalue weighted by Gasteiger charge is 2.34. The van der Waals surface area contributed by atoms with Gasteiger partial charge >= 0.3 is 6.03 Å². The van der Waals surface area contributed by atoms with Crippen molar-refractivity contribution in [2.45, 2.75) is 18.9 Å². The summed E-state index contributed by atoms with van der Waals surface area (Å²) in [6.45, 7) is 0.533. The lowest BCUT2D eigenvalue weighted by atomic mass is 10.0. The van der Waals surface area contributed by atoms with E-state index in [4.69, 9.17) is 11.6 Å². The van der Waals surface area contributed by atoms with Crippen molar-refractivity contribution in [1.29, 1.82) is 0 Å². The van der Waals surface area contributed by atoms with Crippen molar-refractivity contribution >= 4 is 34.9 Å². The molecule has 1 fully saturated rings. The van der Waals surface area contributed by atoms with Crippen molar-refractivity contribution in [3.8, 4) is 11.1 Å². The summed E-state index contributed by atoms with van der Waals surface area (Å²) in [5.74, 6) is -0.183. The van der Waals surface area contributed by atoms with E-state index in [2.05, 4.69) is 10.6 Å². The number of carbonyl (C=O) groups is 2. The van der Waals surface area contributed by atoms with E-state index in [1.807, 2.05) is 54.6 Å². The van der Waals surface area contributed by atoms with Crippen molar-refractivity contribution in [2.75, 3.05) is 17.2 Å². The Bertz CT molecular complexity index is 1060. The number of para-hydroxylation sites is 1. The molecule has 5 nitrogen and oxygen atoms in total. The fourth-order valence-corrected chi connectivity index (χ4v) is 3.91. The molecule has 4 rings (SSSR count). The zero-order valence-corrected chi connectivity index (χ0v) is 17.1. The number of rotatable bonds is 4. The third-order valence-corrected chi connectivity index (χ3v) is 5.40. The van der Waals surface area contributed by atoms with E-state index in [-0.39, 0.29) is 11.9 Å². The maximum Gasteiger partial charge on any atom is 0.322 e. The fourth-order valence-electron chi connectivity index (χ4n) is 3.72. The van der Waals surface area contributed by atoms with E-state index >= 15 is 0 Å². The van der Waals surface area contributed by atoms with E-state index in [0.29, 0.717) is 23.7 Å². The minimum absolute atomic E-state index is 0.183. The van der Waals surface area contributed by atoms with Crippen LogP contribution in [0.4, 0.5) is 16.2 Å². The van der Waals surface area contributed by atoms with Crippen molar-refractivity contribution in [1.82, 2.24) is 4.90 Å². The van der Waals surface area contributed by atoms with Crippen LogP contribution in [-0.4, -0.2) is 29.4 Å². The Kier molecular flexibility index (Phi) is 6.00. The van der Waals surface area contributed by atoms with Gasteiger partial charge in [0.05, 0.1) is 0 Å². The second kappa shape index (κ2) is 9.01. The molecular weight excluding hydrogens is 398 g/mol. The summed E-state index contributed by atoms with van der Waals surface area (Å²) < 4.78 is 0. The Hall–Kier alpha value is -3.31. The monoisotopic (exact) mass is 419 g/mol. The molecule has 1 heterocycles. The number of carbonyl (C=O) groups excluding carboxylic acids is 2. The fraction of sp³-hybridized carbons (Fsp3) is 0.167. The number of hydrogen-bond acceptors (Lipinski definition) is 2.